The zero-order chi connectivity index (χ0) is 21.7. The number of benzene rings is 1. The van der Waals surface area contributed by atoms with Crippen LogP contribution in [-0.4, -0.2) is 35.6 Å². The minimum atomic E-state index is 0.583. The summed E-state index contributed by atoms with van der Waals surface area (Å²) in [4.78, 5) is 26.3. The Hall–Kier alpha value is -2.36. The number of aromatic nitrogens is 2. The molecule has 30 heavy (non-hydrogen) atoms. The van der Waals surface area contributed by atoms with Crippen LogP contribution in [0, 0.1) is 0 Å². The fourth-order valence-corrected chi connectivity index (χ4v) is 4.84. The molecule has 9 heteroatoms. The van der Waals surface area contributed by atoms with Gasteiger partial charge in [-0.3, -0.25) is 9.63 Å². The third kappa shape index (κ3) is 4.85. The van der Waals surface area contributed by atoms with E-state index in [1.807, 2.05) is 23.5 Å². The molecule has 1 aromatic carbocycles. The molecule has 2 heterocycles. The lowest BCUT2D eigenvalue weighted by Crippen LogP contribution is -2.12. The predicted octanol–water partition coefficient (Wildman–Crippen LogP) is 4.38. The maximum atomic E-state index is 9.54. The van der Waals surface area contributed by atoms with Crippen molar-refractivity contribution in [2.24, 2.45) is 0 Å². The number of nitrogen functional groups attached to an aromatic ring is 1. The molecule has 0 saturated heterocycles. The van der Waals surface area contributed by atoms with Gasteiger partial charge in [-0.1, -0.05) is 6.92 Å². The second-order valence-electron chi connectivity index (χ2n) is 6.99. The molecule has 1 amide bonds. The lowest BCUT2D eigenvalue weighted by molar-refractivity contribution is -0.153. The fraction of sp³-hybridized carbons (Fsp3) is 0.381. The third-order valence-electron chi connectivity index (χ3n) is 5.07. The number of carbonyl (C=O) groups excluding carboxylic acids is 1. The summed E-state index contributed by atoms with van der Waals surface area (Å²) in [7, 11) is 2.95. The normalized spacial score (nSPS) is 12.7. The molecular formula is C21H27N5O2S2. The van der Waals surface area contributed by atoms with E-state index in [1.165, 1.54) is 54.8 Å². The highest BCUT2D eigenvalue weighted by atomic mass is 32.1. The molecule has 0 spiro atoms. The molecule has 1 aliphatic carbocycles. The van der Waals surface area contributed by atoms with Gasteiger partial charge in [0.1, 0.15) is 17.0 Å². The van der Waals surface area contributed by atoms with Crippen molar-refractivity contribution < 1.29 is 9.63 Å². The summed E-state index contributed by atoms with van der Waals surface area (Å²) in [6.07, 6.45) is 7.94. The number of rotatable bonds is 5. The van der Waals surface area contributed by atoms with Crippen LogP contribution in [0.4, 0.5) is 17.2 Å². The minimum Gasteiger partial charge on any atom is -0.398 e. The predicted molar refractivity (Wildman–Crippen MR) is 126 cm³/mol. The van der Waals surface area contributed by atoms with Gasteiger partial charge in [-0.05, 0) is 55.4 Å². The Labute approximate surface area is 186 Å². The van der Waals surface area contributed by atoms with Crippen molar-refractivity contribution in [2.45, 2.75) is 43.9 Å². The van der Waals surface area contributed by atoms with E-state index in [0.29, 0.717) is 12.1 Å². The van der Waals surface area contributed by atoms with Crippen LogP contribution in [0.3, 0.4) is 0 Å². The molecule has 2 aromatic heterocycles. The van der Waals surface area contributed by atoms with E-state index in [4.69, 9.17) is 5.73 Å². The van der Waals surface area contributed by atoms with Crippen molar-refractivity contribution in [3.05, 3.63) is 34.5 Å². The quantitative estimate of drug-likeness (QED) is 0.234. The highest BCUT2D eigenvalue weighted by Crippen LogP contribution is 2.39. The van der Waals surface area contributed by atoms with Crippen molar-refractivity contribution >= 4 is 57.8 Å². The molecule has 0 bridgehead atoms. The number of thiol groups is 1. The Morgan fingerprint density at radius 2 is 2.10 bits per heavy atom. The van der Waals surface area contributed by atoms with Crippen molar-refractivity contribution in [1.29, 1.82) is 0 Å². The average molecular weight is 446 g/mol. The molecule has 7 nitrogen and oxygen atoms in total. The Bertz CT molecular complexity index is 1040. The molecule has 4 rings (SSSR count). The van der Waals surface area contributed by atoms with Gasteiger partial charge < -0.3 is 11.1 Å². The number of nitrogens with zero attached hydrogens (tertiary/aromatic N) is 3. The van der Waals surface area contributed by atoms with Crippen LogP contribution in [0.15, 0.2) is 23.4 Å². The third-order valence-corrected chi connectivity index (χ3v) is 6.66. The van der Waals surface area contributed by atoms with Crippen LogP contribution in [0.25, 0.3) is 10.2 Å². The number of carbonyl (C=O) groups is 1. The van der Waals surface area contributed by atoms with Crippen LogP contribution >= 0.6 is 24.0 Å². The van der Waals surface area contributed by atoms with E-state index in [2.05, 4.69) is 39.7 Å². The summed E-state index contributed by atoms with van der Waals surface area (Å²) >= 11 is 6.28. The molecule has 0 aliphatic heterocycles. The van der Waals surface area contributed by atoms with Gasteiger partial charge in [-0.15, -0.1) is 24.0 Å². The molecule has 1 aliphatic rings. The SMILES string of the molecule is CCc1cc(N)c(S)cc1Nc1ncnc2sc3c(c12)CCCC3.CON(C)C=O. The van der Waals surface area contributed by atoms with E-state index in [0.717, 1.165) is 39.1 Å². The van der Waals surface area contributed by atoms with Gasteiger partial charge in [0.15, 0.2) is 0 Å². The first-order valence-electron chi connectivity index (χ1n) is 9.84. The van der Waals surface area contributed by atoms with Crippen LogP contribution in [0.5, 0.6) is 0 Å². The van der Waals surface area contributed by atoms with E-state index >= 15 is 0 Å². The van der Waals surface area contributed by atoms with Crippen LogP contribution in [-0.2, 0) is 28.9 Å². The number of thiophene rings is 1. The van der Waals surface area contributed by atoms with Gasteiger partial charge in [0.25, 0.3) is 0 Å². The number of nitrogens with two attached hydrogens (primary N) is 1. The molecule has 0 radical (unpaired) electrons. The number of nitrogens with one attached hydrogen (secondary N) is 1. The fourth-order valence-electron chi connectivity index (χ4n) is 3.42. The van der Waals surface area contributed by atoms with Gasteiger partial charge in [0.05, 0.1) is 12.5 Å². The van der Waals surface area contributed by atoms with Crippen LogP contribution in [0.2, 0.25) is 0 Å². The van der Waals surface area contributed by atoms with Crippen LogP contribution < -0.4 is 11.1 Å². The first-order chi connectivity index (χ1) is 14.5. The van der Waals surface area contributed by atoms with E-state index in [9.17, 15) is 4.79 Å². The number of fused-ring (bicyclic) bond motifs is 3. The Morgan fingerprint density at radius 1 is 1.33 bits per heavy atom. The second-order valence-corrected chi connectivity index (χ2v) is 8.56. The molecule has 0 atom stereocenters. The highest BCUT2D eigenvalue weighted by molar-refractivity contribution is 7.80. The van der Waals surface area contributed by atoms with Gasteiger partial charge in [0.2, 0.25) is 6.41 Å². The summed E-state index contributed by atoms with van der Waals surface area (Å²) in [5.41, 5.74) is 10.3. The van der Waals surface area contributed by atoms with E-state index < -0.39 is 0 Å². The molecule has 0 fully saturated rings. The van der Waals surface area contributed by atoms with E-state index in [-0.39, 0.29) is 0 Å². The zero-order valence-electron chi connectivity index (χ0n) is 17.4. The lowest BCUT2D eigenvalue weighted by Gasteiger charge is -2.15. The van der Waals surface area contributed by atoms with Crippen molar-refractivity contribution in [3.8, 4) is 0 Å². The van der Waals surface area contributed by atoms with E-state index in [1.54, 1.807) is 6.33 Å². The second kappa shape index (κ2) is 10.1. The Morgan fingerprint density at radius 3 is 2.77 bits per heavy atom. The molecule has 3 N–H and O–H groups in total. The summed E-state index contributed by atoms with van der Waals surface area (Å²) in [6.45, 7) is 2.13. The minimum absolute atomic E-state index is 0.583. The van der Waals surface area contributed by atoms with Crippen molar-refractivity contribution in [1.82, 2.24) is 15.0 Å². The highest BCUT2D eigenvalue weighted by Gasteiger charge is 2.20. The standard InChI is InChI=1S/C18H20N4S2.C3H7NO2/c1-2-10-7-12(19)14(23)8-13(10)22-17-16-11-5-3-4-6-15(11)24-18(16)21-9-20-17;1-4(3-5)6-2/h7-9,23H,2-6,19H2,1H3,(H,20,21,22);3H,1-2H3. The van der Waals surface area contributed by atoms with Crippen molar-refractivity contribution in [3.63, 3.8) is 0 Å². The van der Waals surface area contributed by atoms with Gasteiger partial charge >= 0.3 is 0 Å². The van der Waals surface area contributed by atoms with Crippen molar-refractivity contribution in [2.75, 3.05) is 25.2 Å². The first-order valence-corrected chi connectivity index (χ1v) is 11.1. The number of amides is 1. The number of hydrogen-bond donors (Lipinski definition) is 3. The first kappa shape index (κ1) is 22.3. The maximum Gasteiger partial charge on any atom is 0.233 e. The molecule has 3 aromatic rings. The number of hydroxylamine groups is 2. The number of anilines is 3. The molecule has 0 saturated carbocycles. The summed E-state index contributed by atoms with van der Waals surface area (Å²) in [6, 6.07) is 3.98. The Kier molecular flexibility index (Phi) is 7.52. The number of aryl methyl sites for hydroxylation is 3. The largest absolute Gasteiger partial charge is 0.398 e. The van der Waals surface area contributed by atoms with Gasteiger partial charge in [0, 0.05) is 28.2 Å². The molecular weight excluding hydrogens is 418 g/mol. The summed E-state index contributed by atoms with van der Waals surface area (Å²) in [5.74, 6) is 0.895. The van der Waals surface area contributed by atoms with Gasteiger partial charge in [-0.25, -0.2) is 15.0 Å². The molecule has 0 unspecified atom stereocenters. The topological polar surface area (TPSA) is 93.4 Å². The van der Waals surface area contributed by atoms with Gasteiger partial charge in [-0.2, -0.15) is 0 Å². The lowest BCUT2D eigenvalue weighted by atomic mass is 9.97. The maximum absolute atomic E-state index is 9.54. The Balaban J connectivity index is 0.000000377. The molecule has 160 valence electrons. The smallest absolute Gasteiger partial charge is 0.233 e. The summed E-state index contributed by atoms with van der Waals surface area (Å²) in [5, 5.41) is 5.78. The zero-order valence-corrected chi connectivity index (χ0v) is 19.1. The summed E-state index contributed by atoms with van der Waals surface area (Å²) < 4.78 is 0. The monoisotopic (exact) mass is 445 g/mol. The average Bonchev–Trinajstić information content (AvgIpc) is 3.15. The van der Waals surface area contributed by atoms with Crippen LogP contribution in [0.1, 0.15) is 35.8 Å². The number of hydrogen-bond acceptors (Lipinski definition) is 8.